The van der Waals surface area contributed by atoms with Crippen molar-refractivity contribution in [1.82, 2.24) is 0 Å². The van der Waals surface area contributed by atoms with E-state index in [-0.39, 0.29) is 11.6 Å². The molecule has 0 aliphatic carbocycles. The van der Waals surface area contributed by atoms with E-state index < -0.39 is 32.9 Å². The molecule has 3 rings (SSSR count). The molecule has 1 saturated heterocycles. The molecule has 146 valence electrons. The average molecular weight is 389 g/mol. The summed E-state index contributed by atoms with van der Waals surface area (Å²) in [6, 6.07) is 20.3. The number of ether oxygens (including phenoxy) is 1. The van der Waals surface area contributed by atoms with Crippen LogP contribution in [0.1, 0.15) is 20.8 Å². The highest BCUT2D eigenvalue weighted by atomic mass is 28.4. The number of hydrogen-bond donors (Lipinski definition) is 3. The molecule has 0 radical (unpaired) electrons. The third-order valence-electron chi connectivity index (χ3n) is 5.22. The lowest BCUT2D eigenvalue weighted by molar-refractivity contribution is -0.132. The summed E-state index contributed by atoms with van der Waals surface area (Å²) in [5.74, 6) is 0. The van der Waals surface area contributed by atoms with Gasteiger partial charge in [-0.15, -0.1) is 0 Å². The zero-order chi connectivity index (χ0) is 19.7. The van der Waals surface area contributed by atoms with Gasteiger partial charge in [0.2, 0.25) is 0 Å². The molecule has 0 saturated carbocycles. The van der Waals surface area contributed by atoms with E-state index in [0.717, 1.165) is 10.4 Å². The molecule has 27 heavy (non-hydrogen) atoms. The molecule has 1 aliphatic heterocycles. The van der Waals surface area contributed by atoms with E-state index in [1.54, 1.807) is 0 Å². The van der Waals surface area contributed by atoms with Crippen molar-refractivity contribution in [3.63, 3.8) is 0 Å². The Morgan fingerprint density at radius 2 is 1.33 bits per heavy atom. The van der Waals surface area contributed by atoms with Crippen LogP contribution in [0.4, 0.5) is 0 Å². The predicted molar refractivity (Wildman–Crippen MR) is 106 cm³/mol. The van der Waals surface area contributed by atoms with Crippen LogP contribution in [-0.4, -0.2) is 54.8 Å². The Hall–Kier alpha value is -1.54. The van der Waals surface area contributed by atoms with Gasteiger partial charge in [-0.3, -0.25) is 0 Å². The maximum Gasteiger partial charge on any atom is 0.261 e. The number of benzene rings is 2. The molecule has 0 bridgehead atoms. The van der Waals surface area contributed by atoms with E-state index in [4.69, 9.17) is 9.16 Å². The summed E-state index contributed by atoms with van der Waals surface area (Å²) < 4.78 is 12.0. The van der Waals surface area contributed by atoms with E-state index >= 15 is 0 Å². The molecule has 0 aromatic heterocycles. The third-order valence-corrected chi connectivity index (χ3v) is 10.2. The maximum atomic E-state index is 10.2. The number of aliphatic hydroxyl groups is 3. The number of hydrogen-bond acceptors (Lipinski definition) is 5. The molecule has 4 atom stereocenters. The summed E-state index contributed by atoms with van der Waals surface area (Å²) in [5, 5.41) is 31.7. The molecule has 1 unspecified atom stereocenters. The second kappa shape index (κ2) is 7.83. The van der Waals surface area contributed by atoms with Gasteiger partial charge in [-0.2, -0.15) is 0 Å². The first-order valence-electron chi connectivity index (χ1n) is 9.22. The molecule has 0 spiro atoms. The highest BCUT2D eigenvalue weighted by molar-refractivity contribution is 6.99. The van der Waals surface area contributed by atoms with Crippen LogP contribution in [-0.2, 0) is 9.16 Å². The van der Waals surface area contributed by atoms with E-state index in [1.807, 2.05) is 36.4 Å². The summed E-state index contributed by atoms with van der Waals surface area (Å²) in [6.07, 6.45) is -4.68. The van der Waals surface area contributed by atoms with Crippen molar-refractivity contribution >= 4 is 18.7 Å². The first kappa shape index (κ1) is 20.2. The summed E-state index contributed by atoms with van der Waals surface area (Å²) in [4.78, 5) is 0. The van der Waals surface area contributed by atoms with Gasteiger partial charge in [-0.25, -0.2) is 0 Å². The van der Waals surface area contributed by atoms with Gasteiger partial charge in [0.1, 0.15) is 18.3 Å². The van der Waals surface area contributed by atoms with Crippen molar-refractivity contribution in [3.8, 4) is 0 Å². The molecular weight excluding hydrogens is 360 g/mol. The Balaban J connectivity index is 2.02. The fourth-order valence-electron chi connectivity index (χ4n) is 3.84. The highest BCUT2D eigenvalue weighted by Gasteiger charge is 2.51. The van der Waals surface area contributed by atoms with Gasteiger partial charge in [-0.05, 0) is 15.4 Å². The van der Waals surface area contributed by atoms with E-state index in [9.17, 15) is 15.3 Å². The first-order valence-corrected chi connectivity index (χ1v) is 11.1. The Bertz CT molecular complexity index is 692. The minimum atomic E-state index is -2.74. The van der Waals surface area contributed by atoms with Crippen molar-refractivity contribution in [1.29, 1.82) is 0 Å². The Kier molecular flexibility index (Phi) is 5.86. The number of aliphatic hydroxyl groups excluding tert-OH is 3. The lowest BCUT2D eigenvalue weighted by atomic mass is 10.1. The van der Waals surface area contributed by atoms with Crippen molar-refractivity contribution < 1.29 is 24.5 Å². The monoisotopic (exact) mass is 388 g/mol. The molecule has 3 N–H and O–H groups in total. The van der Waals surface area contributed by atoms with Crippen molar-refractivity contribution in [2.24, 2.45) is 0 Å². The van der Waals surface area contributed by atoms with Crippen LogP contribution < -0.4 is 10.4 Å². The van der Waals surface area contributed by atoms with Crippen LogP contribution in [0.5, 0.6) is 0 Å². The van der Waals surface area contributed by atoms with Gasteiger partial charge in [-0.1, -0.05) is 81.4 Å². The van der Waals surface area contributed by atoms with Gasteiger partial charge < -0.3 is 24.5 Å². The van der Waals surface area contributed by atoms with Crippen LogP contribution in [0.25, 0.3) is 0 Å². The largest absolute Gasteiger partial charge is 0.405 e. The maximum absolute atomic E-state index is 10.2. The number of rotatable bonds is 5. The third kappa shape index (κ3) is 3.74. The molecule has 6 heteroatoms. The quantitative estimate of drug-likeness (QED) is 0.666. The lowest BCUT2D eigenvalue weighted by Gasteiger charge is -2.43. The van der Waals surface area contributed by atoms with Gasteiger partial charge in [0.05, 0.1) is 6.61 Å². The lowest BCUT2D eigenvalue weighted by Crippen LogP contribution is -2.67. The second-order valence-corrected chi connectivity index (χ2v) is 12.3. The van der Waals surface area contributed by atoms with Crippen LogP contribution in [0, 0.1) is 0 Å². The molecule has 2 aromatic rings. The van der Waals surface area contributed by atoms with E-state index in [2.05, 4.69) is 45.0 Å². The first-order chi connectivity index (χ1) is 12.8. The second-order valence-electron chi connectivity index (χ2n) is 8.02. The van der Waals surface area contributed by atoms with Crippen molar-refractivity contribution in [2.45, 2.75) is 50.4 Å². The predicted octanol–water partition coefficient (Wildman–Crippen LogP) is 1.00. The zero-order valence-electron chi connectivity index (χ0n) is 15.9. The molecular formula is C21H28O5Si. The summed E-state index contributed by atoms with van der Waals surface area (Å²) >= 11 is 0. The molecule has 1 aliphatic rings. The van der Waals surface area contributed by atoms with Crippen LogP contribution in [0.3, 0.4) is 0 Å². The molecule has 1 fully saturated rings. The Morgan fingerprint density at radius 3 is 1.70 bits per heavy atom. The molecule has 0 amide bonds. The van der Waals surface area contributed by atoms with Crippen LogP contribution in [0.2, 0.25) is 5.04 Å². The van der Waals surface area contributed by atoms with Gasteiger partial charge >= 0.3 is 0 Å². The SMILES string of the molecule is CC(C)(C)[Si](OC[C@H]1OC(O)[C@H](O)[C@H]1O)(c1ccccc1)c1ccccc1. The minimum Gasteiger partial charge on any atom is -0.405 e. The fourth-order valence-corrected chi connectivity index (χ4v) is 8.41. The Labute approximate surface area is 161 Å². The highest BCUT2D eigenvalue weighted by Crippen LogP contribution is 2.37. The summed E-state index contributed by atoms with van der Waals surface area (Å²) in [7, 11) is -2.74. The van der Waals surface area contributed by atoms with Crippen molar-refractivity contribution in [3.05, 3.63) is 60.7 Å². The van der Waals surface area contributed by atoms with E-state index in [0.29, 0.717) is 0 Å². The topological polar surface area (TPSA) is 79.2 Å². The zero-order valence-corrected chi connectivity index (χ0v) is 16.9. The minimum absolute atomic E-state index is 0.0859. The molecule has 5 nitrogen and oxygen atoms in total. The molecule has 1 heterocycles. The van der Waals surface area contributed by atoms with Gasteiger partial charge in [0.15, 0.2) is 6.29 Å². The Morgan fingerprint density at radius 1 is 0.852 bits per heavy atom. The van der Waals surface area contributed by atoms with Gasteiger partial charge in [0, 0.05) is 0 Å². The van der Waals surface area contributed by atoms with Gasteiger partial charge in [0.25, 0.3) is 8.32 Å². The van der Waals surface area contributed by atoms with Crippen LogP contribution >= 0.6 is 0 Å². The van der Waals surface area contributed by atoms with Crippen molar-refractivity contribution in [2.75, 3.05) is 6.61 Å². The molecule has 2 aromatic carbocycles. The van der Waals surface area contributed by atoms with Crippen LogP contribution in [0.15, 0.2) is 60.7 Å². The smallest absolute Gasteiger partial charge is 0.261 e. The summed E-state index contributed by atoms with van der Waals surface area (Å²) in [5.41, 5.74) is 0. The fraction of sp³-hybridized carbons (Fsp3) is 0.429. The average Bonchev–Trinajstić information content (AvgIpc) is 2.90. The normalized spacial score (nSPS) is 26.3. The summed E-state index contributed by atoms with van der Waals surface area (Å²) in [6.45, 7) is 6.57. The van der Waals surface area contributed by atoms with E-state index in [1.165, 1.54) is 0 Å². The standard InChI is InChI=1S/C21H28O5Si/c1-21(2,3)27(15-10-6-4-7-11-15,16-12-8-5-9-13-16)25-14-17-18(22)19(23)20(24)26-17/h4-13,17-20,22-24H,14H2,1-3H3/t17-,18+,19-,20?/m1/s1.